The van der Waals surface area contributed by atoms with Crippen molar-refractivity contribution in [1.82, 2.24) is 15.1 Å². The van der Waals surface area contributed by atoms with Gasteiger partial charge in [0.2, 0.25) is 17.7 Å². The average molecular weight is 426 g/mol. The van der Waals surface area contributed by atoms with Crippen molar-refractivity contribution < 1.29 is 14.4 Å². The Morgan fingerprint density at radius 1 is 1.00 bits per heavy atom. The van der Waals surface area contributed by atoms with Crippen LogP contribution in [0.1, 0.15) is 50.5 Å². The van der Waals surface area contributed by atoms with Gasteiger partial charge in [-0.25, -0.2) is 0 Å². The second kappa shape index (κ2) is 10.3. The molecule has 3 fully saturated rings. The van der Waals surface area contributed by atoms with Crippen LogP contribution in [0.5, 0.6) is 0 Å². The van der Waals surface area contributed by atoms with Crippen LogP contribution in [0.4, 0.5) is 0 Å². The van der Waals surface area contributed by atoms with Crippen molar-refractivity contribution in [2.75, 3.05) is 32.7 Å². The Balaban J connectivity index is 1.14. The molecule has 3 aliphatic rings. The molecule has 3 amide bonds. The van der Waals surface area contributed by atoms with E-state index in [4.69, 9.17) is 0 Å². The maximum atomic E-state index is 12.5. The molecule has 6 nitrogen and oxygen atoms in total. The normalized spacial score (nSPS) is 22.1. The predicted molar refractivity (Wildman–Crippen MR) is 119 cm³/mol. The van der Waals surface area contributed by atoms with E-state index in [-0.39, 0.29) is 23.6 Å². The Hall–Kier alpha value is -2.37. The second-order valence-corrected chi connectivity index (χ2v) is 9.55. The van der Waals surface area contributed by atoms with Crippen molar-refractivity contribution in [2.24, 2.45) is 17.8 Å². The lowest BCUT2D eigenvalue weighted by Crippen LogP contribution is -2.42. The molecule has 0 spiro atoms. The molecular weight excluding hydrogens is 390 g/mol. The van der Waals surface area contributed by atoms with Gasteiger partial charge in [0.25, 0.3) is 0 Å². The number of carbonyl (C=O) groups is 3. The van der Waals surface area contributed by atoms with Crippen molar-refractivity contribution in [2.45, 2.75) is 51.4 Å². The van der Waals surface area contributed by atoms with E-state index in [0.717, 1.165) is 51.9 Å². The van der Waals surface area contributed by atoms with Crippen LogP contribution in [-0.4, -0.2) is 60.2 Å². The summed E-state index contributed by atoms with van der Waals surface area (Å²) in [6, 6.07) is 10.3. The third-order valence-electron chi connectivity index (χ3n) is 6.99. The quantitative estimate of drug-likeness (QED) is 0.661. The number of nitrogens with zero attached hydrogens (tertiary/aromatic N) is 2. The summed E-state index contributed by atoms with van der Waals surface area (Å²) in [5.41, 5.74) is 1.28. The van der Waals surface area contributed by atoms with Crippen molar-refractivity contribution in [3.05, 3.63) is 35.9 Å². The van der Waals surface area contributed by atoms with Gasteiger partial charge in [0, 0.05) is 45.6 Å². The lowest BCUT2D eigenvalue weighted by Gasteiger charge is -2.34. The van der Waals surface area contributed by atoms with Gasteiger partial charge in [-0.1, -0.05) is 30.3 Å². The van der Waals surface area contributed by atoms with Gasteiger partial charge in [-0.15, -0.1) is 0 Å². The lowest BCUT2D eigenvalue weighted by molar-refractivity contribution is -0.133. The standard InChI is InChI=1S/C25H35N3O3/c29-23(8-4-7-19-5-2-1-3-6-19)27-13-11-21(12-14-27)17-28-18-22(15-24(28)30)25(31)26-16-20-9-10-20/h1-3,5-6,20-22H,4,7-18H2,(H,26,31). The number of aryl methyl sites for hydroxylation is 1. The van der Waals surface area contributed by atoms with Crippen LogP contribution in [-0.2, 0) is 20.8 Å². The molecule has 1 atom stereocenters. The van der Waals surface area contributed by atoms with Crippen LogP contribution in [0, 0.1) is 17.8 Å². The van der Waals surface area contributed by atoms with E-state index in [0.29, 0.717) is 31.2 Å². The zero-order chi connectivity index (χ0) is 21.6. The van der Waals surface area contributed by atoms with E-state index in [2.05, 4.69) is 17.4 Å². The van der Waals surface area contributed by atoms with Gasteiger partial charge in [0.15, 0.2) is 0 Å². The molecule has 2 saturated heterocycles. The number of hydrogen-bond acceptors (Lipinski definition) is 3. The van der Waals surface area contributed by atoms with Gasteiger partial charge in [-0.3, -0.25) is 14.4 Å². The van der Waals surface area contributed by atoms with Gasteiger partial charge in [0.05, 0.1) is 5.92 Å². The van der Waals surface area contributed by atoms with Crippen molar-refractivity contribution in [3.63, 3.8) is 0 Å². The number of likely N-dealkylation sites (tertiary alicyclic amines) is 2. The first-order valence-electron chi connectivity index (χ1n) is 12.0. The fraction of sp³-hybridized carbons (Fsp3) is 0.640. The summed E-state index contributed by atoms with van der Waals surface area (Å²) >= 11 is 0. The molecule has 2 aliphatic heterocycles. The SMILES string of the molecule is O=C(NCC1CC1)C1CC(=O)N(CC2CCN(C(=O)CCCc3ccccc3)CC2)C1. The van der Waals surface area contributed by atoms with E-state index in [1.54, 1.807) is 0 Å². The Morgan fingerprint density at radius 2 is 1.74 bits per heavy atom. The monoisotopic (exact) mass is 425 g/mol. The van der Waals surface area contributed by atoms with E-state index in [1.807, 2.05) is 28.0 Å². The Bertz CT molecular complexity index is 769. The number of hydrogen-bond donors (Lipinski definition) is 1. The zero-order valence-electron chi connectivity index (χ0n) is 18.4. The molecule has 1 saturated carbocycles. The molecule has 1 aliphatic carbocycles. The summed E-state index contributed by atoms with van der Waals surface area (Å²) in [5.74, 6) is 1.27. The molecule has 1 aromatic carbocycles. The number of benzene rings is 1. The zero-order valence-corrected chi connectivity index (χ0v) is 18.4. The fourth-order valence-corrected chi connectivity index (χ4v) is 4.76. The first-order chi connectivity index (χ1) is 15.1. The fourth-order valence-electron chi connectivity index (χ4n) is 4.76. The van der Waals surface area contributed by atoms with Gasteiger partial charge in [0.1, 0.15) is 0 Å². The molecule has 4 rings (SSSR count). The first kappa shape index (κ1) is 21.8. The van der Waals surface area contributed by atoms with E-state index < -0.39 is 0 Å². The molecule has 0 radical (unpaired) electrons. The molecule has 31 heavy (non-hydrogen) atoms. The van der Waals surface area contributed by atoms with Gasteiger partial charge >= 0.3 is 0 Å². The van der Waals surface area contributed by atoms with Crippen LogP contribution >= 0.6 is 0 Å². The minimum absolute atomic E-state index is 0.0404. The summed E-state index contributed by atoms with van der Waals surface area (Å²) in [4.78, 5) is 41.1. The summed E-state index contributed by atoms with van der Waals surface area (Å²) in [6.45, 7) is 3.60. The summed E-state index contributed by atoms with van der Waals surface area (Å²) in [5, 5.41) is 3.01. The molecule has 0 bridgehead atoms. The minimum atomic E-state index is -0.197. The largest absolute Gasteiger partial charge is 0.356 e. The number of amides is 3. The highest BCUT2D eigenvalue weighted by atomic mass is 16.2. The van der Waals surface area contributed by atoms with E-state index in [1.165, 1.54) is 18.4 Å². The minimum Gasteiger partial charge on any atom is -0.356 e. The third-order valence-corrected chi connectivity index (χ3v) is 6.99. The Labute approximate surface area is 185 Å². The smallest absolute Gasteiger partial charge is 0.225 e. The van der Waals surface area contributed by atoms with Crippen molar-refractivity contribution >= 4 is 17.7 Å². The van der Waals surface area contributed by atoms with Crippen molar-refractivity contribution in [3.8, 4) is 0 Å². The number of carbonyl (C=O) groups excluding carboxylic acids is 3. The highest BCUT2D eigenvalue weighted by molar-refractivity contribution is 5.89. The molecule has 2 heterocycles. The third kappa shape index (κ3) is 6.31. The highest BCUT2D eigenvalue weighted by Crippen LogP contribution is 2.28. The van der Waals surface area contributed by atoms with Gasteiger partial charge in [-0.2, -0.15) is 0 Å². The van der Waals surface area contributed by atoms with Crippen molar-refractivity contribution in [1.29, 1.82) is 0 Å². The van der Waals surface area contributed by atoms with E-state index >= 15 is 0 Å². The van der Waals surface area contributed by atoms with Gasteiger partial charge < -0.3 is 15.1 Å². The van der Waals surface area contributed by atoms with Crippen LogP contribution in [0.25, 0.3) is 0 Å². The number of nitrogens with one attached hydrogen (secondary N) is 1. The van der Waals surface area contributed by atoms with Crippen LogP contribution in [0.3, 0.4) is 0 Å². The maximum absolute atomic E-state index is 12.5. The summed E-state index contributed by atoms with van der Waals surface area (Å²) in [7, 11) is 0. The molecule has 0 aromatic heterocycles. The summed E-state index contributed by atoms with van der Waals surface area (Å²) < 4.78 is 0. The van der Waals surface area contributed by atoms with Crippen LogP contribution in [0.15, 0.2) is 30.3 Å². The molecule has 1 N–H and O–H groups in total. The predicted octanol–water partition coefficient (Wildman–Crippen LogP) is 2.62. The van der Waals surface area contributed by atoms with E-state index in [9.17, 15) is 14.4 Å². The first-order valence-corrected chi connectivity index (χ1v) is 12.0. The van der Waals surface area contributed by atoms with Gasteiger partial charge in [-0.05, 0) is 55.9 Å². The summed E-state index contributed by atoms with van der Waals surface area (Å²) in [6.07, 6.45) is 7.07. The maximum Gasteiger partial charge on any atom is 0.225 e. The van der Waals surface area contributed by atoms with Crippen LogP contribution in [0.2, 0.25) is 0 Å². The Morgan fingerprint density at radius 3 is 2.45 bits per heavy atom. The second-order valence-electron chi connectivity index (χ2n) is 9.55. The molecule has 168 valence electrons. The highest BCUT2D eigenvalue weighted by Gasteiger charge is 2.36. The molecular formula is C25H35N3O3. The lowest BCUT2D eigenvalue weighted by atomic mass is 9.95. The molecule has 6 heteroatoms. The van der Waals surface area contributed by atoms with Crippen LogP contribution < -0.4 is 5.32 Å². The number of rotatable bonds is 9. The average Bonchev–Trinajstić information content (AvgIpc) is 3.55. The topological polar surface area (TPSA) is 69.7 Å². The Kier molecular flexibility index (Phi) is 7.25. The molecule has 1 unspecified atom stereocenters. The molecule has 1 aromatic rings. The number of piperidine rings is 1.